The summed E-state index contributed by atoms with van der Waals surface area (Å²) in [6, 6.07) is 10.5. The fraction of sp³-hybridized carbons (Fsp3) is 0.480. The normalized spacial score (nSPS) is 17.2. The van der Waals surface area contributed by atoms with Crippen molar-refractivity contribution in [3.63, 3.8) is 0 Å². The third-order valence-electron chi connectivity index (χ3n) is 5.78. The molecule has 0 aliphatic carbocycles. The van der Waals surface area contributed by atoms with Crippen LogP contribution < -0.4 is 14.8 Å². The molecule has 1 aliphatic heterocycles. The Balaban J connectivity index is 1.95. The van der Waals surface area contributed by atoms with E-state index in [2.05, 4.69) is 10.2 Å². The zero-order chi connectivity index (χ0) is 22.5. The van der Waals surface area contributed by atoms with E-state index < -0.39 is 0 Å². The summed E-state index contributed by atoms with van der Waals surface area (Å²) >= 11 is 0. The Morgan fingerprint density at radius 1 is 1.13 bits per heavy atom. The van der Waals surface area contributed by atoms with Gasteiger partial charge in [0, 0.05) is 25.6 Å². The highest BCUT2D eigenvalue weighted by atomic mass is 19.1. The predicted molar refractivity (Wildman–Crippen MR) is 120 cm³/mol. The number of fused-ring (bicyclic) bond motifs is 1. The van der Waals surface area contributed by atoms with Crippen LogP contribution in [0.25, 0.3) is 0 Å². The SMILES string of the molecule is COc1cc2c(cc1OC)[C@H]([C@H](C)NC(=O)CC(C)C)N(Cc1ccc(F)cc1)CC2. The second kappa shape index (κ2) is 10.1. The Morgan fingerprint density at radius 3 is 2.39 bits per heavy atom. The highest BCUT2D eigenvalue weighted by Gasteiger charge is 2.33. The second-order valence-corrected chi connectivity index (χ2v) is 8.65. The van der Waals surface area contributed by atoms with Crippen LogP contribution in [0.2, 0.25) is 0 Å². The lowest BCUT2D eigenvalue weighted by Crippen LogP contribution is -2.47. The molecule has 2 atom stereocenters. The molecule has 1 heterocycles. The molecule has 5 nitrogen and oxygen atoms in total. The number of amides is 1. The largest absolute Gasteiger partial charge is 0.493 e. The molecule has 0 unspecified atom stereocenters. The van der Waals surface area contributed by atoms with Crippen molar-refractivity contribution in [2.45, 2.75) is 52.2 Å². The number of carbonyl (C=O) groups is 1. The minimum atomic E-state index is -0.240. The van der Waals surface area contributed by atoms with Crippen molar-refractivity contribution in [2.75, 3.05) is 20.8 Å². The Labute approximate surface area is 184 Å². The lowest BCUT2D eigenvalue weighted by molar-refractivity contribution is -0.122. The number of benzene rings is 2. The summed E-state index contributed by atoms with van der Waals surface area (Å²) in [5.74, 6) is 1.50. The van der Waals surface area contributed by atoms with E-state index in [1.165, 1.54) is 17.7 Å². The van der Waals surface area contributed by atoms with Crippen molar-refractivity contribution in [2.24, 2.45) is 5.92 Å². The number of ether oxygens (including phenoxy) is 2. The molecule has 1 aliphatic rings. The summed E-state index contributed by atoms with van der Waals surface area (Å²) in [4.78, 5) is 14.9. The zero-order valence-electron chi connectivity index (χ0n) is 19.1. The molecule has 6 heteroatoms. The molecule has 0 saturated heterocycles. The summed E-state index contributed by atoms with van der Waals surface area (Å²) in [6.45, 7) is 7.63. The van der Waals surface area contributed by atoms with Crippen LogP contribution >= 0.6 is 0 Å². The topological polar surface area (TPSA) is 50.8 Å². The molecule has 31 heavy (non-hydrogen) atoms. The maximum atomic E-state index is 13.4. The number of methoxy groups -OCH3 is 2. The third kappa shape index (κ3) is 5.56. The summed E-state index contributed by atoms with van der Waals surface area (Å²) in [5.41, 5.74) is 3.36. The van der Waals surface area contributed by atoms with Gasteiger partial charge in [-0.15, -0.1) is 0 Å². The van der Waals surface area contributed by atoms with Gasteiger partial charge in [-0.25, -0.2) is 4.39 Å². The Morgan fingerprint density at radius 2 is 1.77 bits per heavy atom. The third-order valence-corrected chi connectivity index (χ3v) is 5.78. The van der Waals surface area contributed by atoms with E-state index >= 15 is 0 Å². The van der Waals surface area contributed by atoms with Gasteiger partial charge in [-0.1, -0.05) is 26.0 Å². The van der Waals surface area contributed by atoms with Crippen molar-refractivity contribution in [3.05, 3.63) is 58.9 Å². The predicted octanol–water partition coefficient (Wildman–Crippen LogP) is 4.49. The number of hydrogen-bond acceptors (Lipinski definition) is 4. The van der Waals surface area contributed by atoms with E-state index in [0.717, 1.165) is 24.1 Å². The highest BCUT2D eigenvalue weighted by molar-refractivity contribution is 5.76. The molecule has 2 aromatic rings. The first-order valence-electron chi connectivity index (χ1n) is 10.8. The van der Waals surface area contributed by atoms with Crippen LogP contribution in [0, 0.1) is 11.7 Å². The number of nitrogens with one attached hydrogen (secondary N) is 1. The smallest absolute Gasteiger partial charge is 0.220 e. The average molecular weight is 429 g/mol. The van der Waals surface area contributed by atoms with Gasteiger partial charge in [-0.05, 0) is 60.2 Å². The molecule has 0 aromatic heterocycles. The van der Waals surface area contributed by atoms with Gasteiger partial charge in [-0.2, -0.15) is 0 Å². The summed E-state index contributed by atoms with van der Waals surface area (Å²) in [6.07, 6.45) is 1.36. The minimum absolute atomic E-state index is 0.0373. The first-order valence-corrected chi connectivity index (χ1v) is 10.8. The summed E-state index contributed by atoms with van der Waals surface area (Å²) in [7, 11) is 3.27. The molecular formula is C25H33FN2O3. The molecule has 3 rings (SSSR count). The van der Waals surface area contributed by atoms with Crippen molar-refractivity contribution < 1.29 is 18.7 Å². The van der Waals surface area contributed by atoms with Crippen molar-refractivity contribution in [3.8, 4) is 11.5 Å². The maximum Gasteiger partial charge on any atom is 0.220 e. The molecule has 0 spiro atoms. The molecule has 0 radical (unpaired) electrons. The number of carbonyl (C=O) groups excluding carboxylic acids is 1. The second-order valence-electron chi connectivity index (χ2n) is 8.65. The molecule has 0 saturated carbocycles. The van der Waals surface area contributed by atoms with E-state index in [1.54, 1.807) is 14.2 Å². The standard InChI is InChI=1S/C25H33FN2O3/c1-16(2)12-24(29)27-17(3)25-21-14-23(31-5)22(30-4)13-19(21)10-11-28(25)15-18-6-8-20(26)9-7-18/h6-9,13-14,16-17,25H,10-12,15H2,1-5H3,(H,27,29)/t17-,25-/m0/s1. The van der Waals surface area contributed by atoms with Gasteiger partial charge in [0.2, 0.25) is 5.91 Å². The number of nitrogens with zero attached hydrogens (tertiary/aromatic N) is 1. The first kappa shape index (κ1) is 23.1. The van der Waals surface area contributed by atoms with Gasteiger partial charge >= 0.3 is 0 Å². The van der Waals surface area contributed by atoms with Gasteiger partial charge in [0.25, 0.3) is 0 Å². The van der Waals surface area contributed by atoms with E-state index in [9.17, 15) is 9.18 Å². The zero-order valence-corrected chi connectivity index (χ0v) is 19.1. The quantitative estimate of drug-likeness (QED) is 0.673. The lowest BCUT2D eigenvalue weighted by atomic mass is 9.87. The van der Waals surface area contributed by atoms with Gasteiger partial charge in [0.1, 0.15) is 5.82 Å². The van der Waals surface area contributed by atoms with Gasteiger partial charge < -0.3 is 14.8 Å². The van der Waals surface area contributed by atoms with Crippen LogP contribution in [0.5, 0.6) is 11.5 Å². The van der Waals surface area contributed by atoms with Crippen molar-refractivity contribution in [1.29, 1.82) is 0 Å². The Kier molecular flexibility index (Phi) is 7.55. The number of rotatable bonds is 8. The van der Waals surface area contributed by atoms with Gasteiger partial charge in [0.15, 0.2) is 11.5 Å². The average Bonchev–Trinajstić information content (AvgIpc) is 2.73. The Bertz CT molecular complexity index is 898. The molecule has 0 bridgehead atoms. The van der Waals surface area contributed by atoms with Crippen LogP contribution in [-0.4, -0.2) is 37.6 Å². The number of halogens is 1. The van der Waals surface area contributed by atoms with E-state index in [4.69, 9.17) is 9.47 Å². The summed E-state index contributed by atoms with van der Waals surface area (Å²) in [5, 5.41) is 3.20. The van der Waals surface area contributed by atoms with Crippen molar-refractivity contribution >= 4 is 5.91 Å². The fourth-order valence-electron chi connectivity index (χ4n) is 4.38. The van der Waals surface area contributed by atoms with Crippen molar-refractivity contribution in [1.82, 2.24) is 10.2 Å². The monoisotopic (exact) mass is 428 g/mol. The van der Waals surface area contributed by atoms with Crippen LogP contribution in [0.3, 0.4) is 0 Å². The van der Waals surface area contributed by atoms with E-state index in [0.29, 0.717) is 30.4 Å². The van der Waals surface area contributed by atoms with Gasteiger partial charge in [-0.3, -0.25) is 9.69 Å². The molecular weight excluding hydrogens is 395 g/mol. The number of hydrogen-bond donors (Lipinski definition) is 1. The van der Waals surface area contributed by atoms with E-state index in [1.807, 2.05) is 45.0 Å². The Hall–Kier alpha value is -2.60. The molecule has 1 N–H and O–H groups in total. The molecule has 2 aromatic carbocycles. The van der Waals surface area contributed by atoms with Crippen LogP contribution in [0.15, 0.2) is 36.4 Å². The summed E-state index contributed by atoms with van der Waals surface area (Å²) < 4.78 is 24.4. The maximum absolute atomic E-state index is 13.4. The fourth-order valence-corrected chi connectivity index (χ4v) is 4.38. The van der Waals surface area contributed by atoms with Crippen LogP contribution in [0.1, 0.15) is 49.9 Å². The highest BCUT2D eigenvalue weighted by Crippen LogP contribution is 2.40. The molecule has 168 valence electrons. The van der Waals surface area contributed by atoms with Gasteiger partial charge in [0.05, 0.1) is 20.3 Å². The van der Waals surface area contributed by atoms with Crippen LogP contribution in [-0.2, 0) is 17.8 Å². The van der Waals surface area contributed by atoms with E-state index in [-0.39, 0.29) is 23.8 Å². The first-order chi connectivity index (χ1) is 14.8. The molecule has 0 fully saturated rings. The lowest BCUT2D eigenvalue weighted by Gasteiger charge is -2.41. The van der Waals surface area contributed by atoms with Crippen LogP contribution in [0.4, 0.5) is 4.39 Å². The minimum Gasteiger partial charge on any atom is -0.493 e. The molecule has 1 amide bonds.